The van der Waals surface area contributed by atoms with Gasteiger partial charge in [-0.15, -0.1) is 0 Å². The van der Waals surface area contributed by atoms with Crippen molar-refractivity contribution in [2.24, 2.45) is 0 Å². The van der Waals surface area contributed by atoms with Crippen molar-refractivity contribution in [3.8, 4) is 5.75 Å². The van der Waals surface area contributed by atoms with E-state index in [0.29, 0.717) is 17.5 Å². The average Bonchev–Trinajstić information content (AvgIpc) is 3.28. The lowest BCUT2D eigenvalue weighted by atomic mass is 9.87. The van der Waals surface area contributed by atoms with Gasteiger partial charge in [0, 0.05) is 25.2 Å². The van der Waals surface area contributed by atoms with Gasteiger partial charge < -0.3 is 4.74 Å². The van der Waals surface area contributed by atoms with Gasteiger partial charge in [0.25, 0.3) is 0 Å². The largest absolute Gasteiger partial charge is 0.489 e. The van der Waals surface area contributed by atoms with E-state index in [1.54, 1.807) is 6.07 Å². The highest BCUT2D eigenvalue weighted by Gasteiger charge is 2.25. The maximum absolute atomic E-state index is 14.5. The van der Waals surface area contributed by atoms with E-state index in [9.17, 15) is 13.6 Å². The number of allylic oxidation sites excluding steroid dienone is 1. The van der Waals surface area contributed by atoms with E-state index < -0.39 is 5.82 Å². The third-order valence-corrected chi connectivity index (χ3v) is 7.65. The fourth-order valence-electron chi connectivity index (χ4n) is 5.49. The maximum Gasteiger partial charge on any atom is 0.150 e. The molecule has 0 unspecified atom stereocenters. The molecular weight excluding hydrogens is 492 g/mol. The summed E-state index contributed by atoms with van der Waals surface area (Å²) in [5.41, 5.74) is 6.46. The predicted octanol–water partition coefficient (Wildman–Crippen LogP) is 7.40. The van der Waals surface area contributed by atoms with Crippen molar-refractivity contribution in [2.75, 3.05) is 26.3 Å². The summed E-state index contributed by atoms with van der Waals surface area (Å²) in [6.07, 6.45) is 4.86. The Bertz CT molecular complexity index is 1310. The maximum atomic E-state index is 14.5. The van der Waals surface area contributed by atoms with Crippen molar-refractivity contribution >= 4 is 29.0 Å². The third kappa shape index (κ3) is 5.63. The van der Waals surface area contributed by atoms with Gasteiger partial charge in [0.15, 0.2) is 0 Å². The first-order chi connectivity index (χ1) is 18.1. The van der Waals surface area contributed by atoms with Gasteiger partial charge in [-0.25, -0.2) is 4.39 Å². The minimum absolute atomic E-state index is 0.0895. The molecule has 1 aliphatic heterocycles. The average molecular weight is 522 g/mol. The van der Waals surface area contributed by atoms with Gasteiger partial charge in [0.1, 0.15) is 24.0 Å². The van der Waals surface area contributed by atoms with E-state index in [0.717, 1.165) is 85.2 Å². The smallest absolute Gasteiger partial charge is 0.150 e. The molecule has 37 heavy (non-hydrogen) atoms. The Balaban J connectivity index is 1.51. The van der Waals surface area contributed by atoms with E-state index in [4.69, 9.17) is 16.3 Å². The molecule has 0 amide bonds. The number of aryl methyl sites for hydroxylation is 1. The molecule has 3 aromatic rings. The number of likely N-dealkylation sites (tertiary alicyclic amines) is 1. The monoisotopic (exact) mass is 521 g/mol. The van der Waals surface area contributed by atoms with Crippen molar-refractivity contribution < 1.29 is 18.3 Å². The molecule has 0 saturated carbocycles. The van der Waals surface area contributed by atoms with Crippen LogP contribution in [0.15, 0.2) is 60.7 Å². The summed E-state index contributed by atoms with van der Waals surface area (Å²) >= 11 is 6.47. The predicted molar refractivity (Wildman–Crippen MR) is 145 cm³/mol. The Morgan fingerprint density at radius 2 is 1.89 bits per heavy atom. The van der Waals surface area contributed by atoms with Crippen LogP contribution in [-0.2, 0) is 6.42 Å². The number of aldehydes is 1. The van der Waals surface area contributed by atoms with E-state index in [-0.39, 0.29) is 17.8 Å². The number of carbonyl (C=O) groups is 1. The first-order valence-electron chi connectivity index (χ1n) is 12.9. The normalized spacial score (nSPS) is 18.0. The zero-order chi connectivity index (χ0) is 25.8. The number of fused-ring (bicyclic) bond motifs is 1. The second kappa shape index (κ2) is 11.6. The number of hydrogen-bond acceptors (Lipinski definition) is 3. The van der Waals surface area contributed by atoms with Crippen LogP contribution in [0.3, 0.4) is 0 Å². The first-order valence-corrected chi connectivity index (χ1v) is 13.3. The molecule has 0 aromatic heterocycles. The van der Waals surface area contributed by atoms with Crippen LogP contribution in [0.5, 0.6) is 5.75 Å². The molecule has 0 spiro atoms. The Labute approximate surface area is 221 Å². The molecule has 5 rings (SSSR count). The number of nitrogens with zero attached hydrogens (tertiary/aromatic N) is 1. The van der Waals surface area contributed by atoms with Crippen molar-refractivity contribution in [3.05, 3.63) is 99.3 Å². The highest BCUT2D eigenvalue weighted by Crippen LogP contribution is 2.42. The molecule has 3 nitrogen and oxygen atoms in total. The highest BCUT2D eigenvalue weighted by molar-refractivity contribution is 6.33. The van der Waals surface area contributed by atoms with Crippen LogP contribution in [0.25, 0.3) is 11.1 Å². The zero-order valence-corrected chi connectivity index (χ0v) is 21.4. The molecule has 1 heterocycles. The second-order valence-corrected chi connectivity index (χ2v) is 10.1. The number of halogens is 3. The minimum Gasteiger partial charge on any atom is -0.489 e. The van der Waals surface area contributed by atoms with Gasteiger partial charge in [-0.3, -0.25) is 14.1 Å². The van der Waals surface area contributed by atoms with Gasteiger partial charge >= 0.3 is 0 Å². The highest BCUT2D eigenvalue weighted by atomic mass is 35.5. The minimum atomic E-state index is -0.437. The number of benzene rings is 3. The van der Waals surface area contributed by atoms with E-state index >= 15 is 0 Å². The SMILES string of the molecule is O=Cc1ccc2c(c1)CCCC(c1cccc(F)c1Cl)=C2c1ccc(O[C@H]2CCN(CCCF)C2)cc1. The van der Waals surface area contributed by atoms with Gasteiger partial charge in [-0.05, 0) is 89.8 Å². The number of ether oxygens (including phenoxy) is 1. The lowest BCUT2D eigenvalue weighted by Crippen LogP contribution is -2.26. The molecular formula is C31H30ClF2NO2. The lowest BCUT2D eigenvalue weighted by molar-refractivity contribution is 0.112. The van der Waals surface area contributed by atoms with Crippen molar-refractivity contribution in [3.63, 3.8) is 0 Å². The molecule has 6 heteroatoms. The van der Waals surface area contributed by atoms with Crippen molar-refractivity contribution in [1.82, 2.24) is 4.90 Å². The quantitative estimate of drug-likeness (QED) is 0.289. The molecule has 1 aliphatic carbocycles. The molecule has 0 radical (unpaired) electrons. The molecule has 192 valence electrons. The Morgan fingerprint density at radius 1 is 1.05 bits per heavy atom. The van der Waals surface area contributed by atoms with Crippen LogP contribution in [-0.4, -0.2) is 43.6 Å². The van der Waals surface area contributed by atoms with Crippen LogP contribution in [0.2, 0.25) is 5.02 Å². The topological polar surface area (TPSA) is 29.5 Å². The van der Waals surface area contributed by atoms with Crippen molar-refractivity contribution in [2.45, 2.75) is 38.2 Å². The van der Waals surface area contributed by atoms with E-state index in [1.165, 1.54) is 6.07 Å². The number of rotatable bonds is 8. The van der Waals surface area contributed by atoms with Crippen molar-refractivity contribution in [1.29, 1.82) is 0 Å². The number of alkyl halides is 1. The zero-order valence-electron chi connectivity index (χ0n) is 20.7. The fraction of sp³-hybridized carbons (Fsp3) is 0.323. The first kappa shape index (κ1) is 25.6. The summed E-state index contributed by atoms with van der Waals surface area (Å²) < 4.78 is 33.2. The van der Waals surface area contributed by atoms with Crippen LogP contribution < -0.4 is 4.74 Å². The van der Waals surface area contributed by atoms with E-state index in [1.807, 2.05) is 48.5 Å². The lowest BCUT2D eigenvalue weighted by Gasteiger charge is -2.19. The summed E-state index contributed by atoms with van der Waals surface area (Å²) in [4.78, 5) is 13.7. The number of hydrogen-bond donors (Lipinski definition) is 0. The summed E-state index contributed by atoms with van der Waals surface area (Å²) in [5, 5.41) is 0.126. The molecule has 0 bridgehead atoms. The van der Waals surface area contributed by atoms with Crippen LogP contribution >= 0.6 is 11.6 Å². The standard InChI is InChI=1S/C31H30ClF2NO2/c32-31-28(6-2-7-29(31)34)27-5-1-4-23-18-21(20-36)8-13-26(23)30(27)22-9-11-24(12-10-22)37-25-14-17-35(19-25)16-3-15-33/h2,6-13,18,20,25H,1,3-5,14-17,19H2/t25-/m0/s1. The van der Waals surface area contributed by atoms with Crippen LogP contribution in [0.4, 0.5) is 8.78 Å². The Hall–Kier alpha value is -3.02. The molecule has 0 N–H and O–H groups in total. The third-order valence-electron chi connectivity index (χ3n) is 7.27. The van der Waals surface area contributed by atoms with Gasteiger partial charge in [-0.1, -0.05) is 48.0 Å². The second-order valence-electron chi connectivity index (χ2n) is 9.74. The molecule has 1 fully saturated rings. The molecule has 1 atom stereocenters. The summed E-state index contributed by atoms with van der Waals surface area (Å²) in [7, 11) is 0. The summed E-state index contributed by atoms with van der Waals surface area (Å²) in [5.74, 6) is 0.352. The summed E-state index contributed by atoms with van der Waals surface area (Å²) in [6, 6.07) is 18.7. The summed E-state index contributed by atoms with van der Waals surface area (Å²) in [6.45, 7) is 2.20. The molecule has 2 aliphatic rings. The number of carbonyl (C=O) groups excluding carboxylic acids is 1. The van der Waals surface area contributed by atoms with Gasteiger partial charge in [0.05, 0.1) is 11.7 Å². The molecule has 1 saturated heterocycles. The fourth-order valence-corrected chi connectivity index (χ4v) is 5.73. The van der Waals surface area contributed by atoms with Crippen LogP contribution in [0, 0.1) is 5.82 Å². The van der Waals surface area contributed by atoms with Gasteiger partial charge in [0.2, 0.25) is 0 Å². The van der Waals surface area contributed by atoms with Gasteiger partial charge in [-0.2, -0.15) is 0 Å². The Kier molecular flexibility index (Phi) is 8.02. The van der Waals surface area contributed by atoms with E-state index in [2.05, 4.69) is 4.90 Å². The van der Waals surface area contributed by atoms with Crippen LogP contribution in [0.1, 0.15) is 58.3 Å². The molecule has 3 aromatic carbocycles. The Morgan fingerprint density at radius 3 is 2.68 bits per heavy atom.